The van der Waals surface area contributed by atoms with Crippen LogP contribution >= 0.6 is 15.9 Å². The highest BCUT2D eigenvalue weighted by atomic mass is 79.9. The van der Waals surface area contributed by atoms with Crippen molar-refractivity contribution in [1.82, 2.24) is 24.3 Å². The summed E-state index contributed by atoms with van der Waals surface area (Å²) in [5.74, 6) is 1.41. The van der Waals surface area contributed by atoms with Crippen molar-refractivity contribution in [2.75, 3.05) is 7.11 Å². The maximum atomic E-state index is 9.56. The average molecular weight is 376 g/mol. The molecule has 0 amide bonds. The molecule has 0 saturated heterocycles. The van der Waals surface area contributed by atoms with Crippen LogP contribution in [0.2, 0.25) is 0 Å². The number of rotatable bonds is 3. The summed E-state index contributed by atoms with van der Waals surface area (Å²) in [5.41, 5.74) is 3.47. The first-order valence-corrected chi connectivity index (χ1v) is 7.89. The summed E-state index contributed by atoms with van der Waals surface area (Å²) >= 11 is 3.52. The Labute approximate surface area is 140 Å². The van der Waals surface area contributed by atoms with Crippen molar-refractivity contribution in [1.29, 1.82) is 0 Å². The number of aliphatic hydroxyl groups is 1. The van der Waals surface area contributed by atoms with Gasteiger partial charge in [-0.25, -0.2) is 14.6 Å². The molecule has 0 spiro atoms. The summed E-state index contributed by atoms with van der Waals surface area (Å²) in [4.78, 5) is 8.92. The number of benzene rings is 1. The van der Waals surface area contributed by atoms with E-state index in [1.165, 1.54) is 0 Å². The smallest absolute Gasteiger partial charge is 0.176 e. The summed E-state index contributed by atoms with van der Waals surface area (Å²) in [7, 11) is 1.62. The highest BCUT2D eigenvalue weighted by Crippen LogP contribution is 2.33. The normalized spacial score (nSPS) is 12.5. The van der Waals surface area contributed by atoms with E-state index >= 15 is 0 Å². The monoisotopic (exact) mass is 375 g/mol. The lowest BCUT2D eigenvalue weighted by Crippen LogP contribution is -2.07. The minimum absolute atomic E-state index is 0.108. The van der Waals surface area contributed by atoms with E-state index in [0.29, 0.717) is 24.7 Å². The van der Waals surface area contributed by atoms with E-state index in [1.807, 2.05) is 27.4 Å². The Balaban J connectivity index is 1.99. The molecule has 0 fully saturated rings. The van der Waals surface area contributed by atoms with Crippen LogP contribution in [0, 0.1) is 0 Å². The van der Waals surface area contributed by atoms with Gasteiger partial charge in [-0.2, -0.15) is 5.10 Å². The Morgan fingerprint density at radius 1 is 1.39 bits per heavy atom. The summed E-state index contributed by atoms with van der Waals surface area (Å²) < 4.78 is 9.92. The Kier molecular flexibility index (Phi) is 3.51. The van der Waals surface area contributed by atoms with E-state index in [0.717, 1.165) is 27.2 Å². The third-order valence-corrected chi connectivity index (χ3v) is 4.34. The topological polar surface area (TPSA) is 78.0 Å². The predicted octanol–water partition coefficient (Wildman–Crippen LogP) is 1.89. The minimum atomic E-state index is -0.108. The molecule has 4 rings (SSSR count). The van der Waals surface area contributed by atoms with Crippen LogP contribution in [-0.4, -0.2) is 36.5 Å². The minimum Gasteiger partial charge on any atom is -0.390 e. The number of nitrogens with zero attached hydrogens (tertiary/aromatic N) is 5. The highest BCUT2D eigenvalue weighted by Gasteiger charge is 2.24. The maximum absolute atomic E-state index is 9.56. The molecule has 3 aromatic rings. The molecule has 2 aromatic heterocycles. The lowest BCUT2D eigenvalue weighted by molar-refractivity contribution is 0.177. The molecule has 1 aromatic carbocycles. The van der Waals surface area contributed by atoms with Crippen molar-refractivity contribution >= 4 is 15.9 Å². The van der Waals surface area contributed by atoms with Gasteiger partial charge in [-0.05, 0) is 18.2 Å². The average Bonchev–Trinajstić information content (AvgIpc) is 3.10. The molecular weight excluding hydrogens is 362 g/mol. The second-order valence-corrected chi connectivity index (χ2v) is 6.19. The van der Waals surface area contributed by atoms with Gasteiger partial charge in [0.25, 0.3) is 0 Å². The SMILES string of the molecule is COCc1nc2n(n1)Cc1c(CO)ncn1-c1ccc(Br)cc1-2. The molecule has 1 aliphatic rings. The first kappa shape index (κ1) is 14.6. The van der Waals surface area contributed by atoms with Crippen molar-refractivity contribution in [3.05, 3.63) is 46.2 Å². The molecule has 0 unspecified atom stereocenters. The fourth-order valence-corrected chi connectivity index (χ4v) is 3.21. The van der Waals surface area contributed by atoms with Crippen LogP contribution in [-0.2, 0) is 24.5 Å². The fourth-order valence-electron chi connectivity index (χ4n) is 2.85. The third-order valence-electron chi connectivity index (χ3n) is 3.85. The van der Waals surface area contributed by atoms with Crippen LogP contribution in [0.4, 0.5) is 0 Å². The Hall–Kier alpha value is -2.03. The van der Waals surface area contributed by atoms with E-state index in [1.54, 1.807) is 13.4 Å². The Morgan fingerprint density at radius 3 is 3.04 bits per heavy atom. The molecule has 7 nitrogen and oxygen atoms in total. The standard InChI is InChI=1S/C15H14BrN5O2/c1-23-7-14-18-15-10-4-9(16)2-3-12(10)20-8-17-11(6-22)13(20)5-21(15)19-14/h2-4,8,22H,5-7H2,1H3. The molecule has 0 aliphatic carbocycles. The summed E-state index contributed by atoms with van der Waals surface area (Å²) in [5, 5.41) is 14.1. The van der Waals surface area contributed by atoms with Crippen LogP contribution in [0.25, 0.3) is 17.1 Å². The van der Waals surface area contributed by atoms with Gasteiger partial charge < -0.3 is 14.4 Å². The summed E-state index contributed by atoms with van der Waals surface area (Å²) in [6.07, 6.45) is 1.73. The number of aliphatic hydroxyl groups excluding tert-OH is 1. The van der Waals surface area contributed by atoms with Gasteiger partial charge in [0.2, 0.25) is 0 Å². The molecule has 1 aliphatic heterocycles. The van der Waals surface area contributed by atoms with E-state index < -0.39 is 0 Å². The molecule has 118 valence electrons. The van der Waals surface area contributed by atoms with Gasteiger partial charge in [-0.15, -0.1) is 0 Å². The number of imidazole rings is 1. The molecule has 23 heavy (non-hydrogen) atoms. The second kappa shape index (κ2) is 5.55. The zero-order valence-corrected chi connectivity index (χ0v) is 14.0. The molecule has 0 radical (unpaired) electrons. The molecular formula is C15H14BrN5O2. The zero-order chi connectivity index (χ0) is 16.0. The van der Waals surface area contributed by atoms with Crippen LogP contribution in [0.3, 0.4) is 0 Å². The Morgan fingerprint density at radius 2 is 2.26 bits per heavy atom. The molecule has 0 bridgehead atoms. The molecule has 1 N–H and O–H groups in total. The van der Waals surface area contributed by atoms with Gasteiger partial charge in [0.15, 0.2) is 11.6 Å². The fraction of sp³-hybridized carbons (Fsp3) is 0.267. The second-order valence-electron chi connectivity index (χ2n) is 5.27. The van der Waals surface area contributed by atoms with Crippen molar-refractivity contribution in [2.45, 2.75) is 19.8 Å². The number of aromatic nitrogens is 5. The van der Waals surface area contributed by atoms with Crippen molar-refractivity contribution in [3.8, 4) is 17.1 Å². The van der Waals surface area contributed by atoms with Crippen LogP contribution in [0.15, 0.2) is 29.0 Å². The first-order chi connectivity index (χ1) is 11.2. The van der Waals surface area contributed by atoms with Gasteiger partial charge in [0.1, 0.15) is 6.61 Å². The quantitative estimate of drug-likeness (QED) is 0.591. The van der Waals surface area contributed by atoms with E-state index in [2.05, 4.69) is 31.0 Å². The summed E-state index contributed by atoms with van der Waals surface area (Å²) in [6.45, 7) is 0.743. The van der Waals surface area contributed by atoms with Gasteiger partial charge in [-0.1, -0.05) is 15.9 Å². The van der Waals surface area contributed by atoms with Crippen LogP contribution in [0.1, 0.15) is 17.2 Å². The summed E-state index contributed by atoms with van der Waals surface area (Å²) in [6, 6.07) is 6.00. The maximum Gasteiger partial charge on any atom is 0.176 e. The number of hydrogen-bond donors (Lipinski definition) is 1. The highest BCUT2D eigenvalue weighted by molar-refractivity contribution is 9.10. The van der Waals surface area contributed by atoms with Crippen molar-refractivity contribution < 1.29 is 9.84 Å². The number of hydrogen-bond acceptors (Lipinski definition) is 5. The van der Waals surface area contributed by atoms with Gasteiger partial charge in [0, 0.05) is 17.1 Å². The Bertz CT molecular complexity index is 886. The van der Waals surface area contributed by atoms with Crippen molar-refractivity contribution in [2.24, 2.45) is 0 Å². The number of fused-ring (bicyclic) bond motifs is 5. The van der Waals surface area contributed by atoms with E-state index in [4.69, 9.17) is 4.74 Å². The first-order valence-electron chi connectivity index (χ1n) is 7.10. The molecule has 0 atom stereocenters. The van der Waals surface area contributed by atoms with Gasteiger partial charge in [0.05, 0.1) is 36.6 Å². The van der Waals surface area contributed by atoms with E-state index in [9.17, 15) is 5.11 Å². The number of ether oxygens (including phenoxy) is 1. The lowest BCUT2D eigenvalue weighted by Gasteiger charge is -2.09. The van der Waals surface area contributed by atoms with Crippen LogP contribution in [0.5, 0.6) is 0 Å². The lowest BCUT2D eigenvalue weighted by atomic mass is 10.1. The van der Waals surface area contributed by atoms with Gasteiger partial charge in [-0.3, -0.25) is 0 Å². The largest absolute Gasteiger partial charge is 0.390 e. The molecule has 3 heterocycles. The molecule has 0 saturated carbocycles. The predicted molar refractivity (Wildman–Crippen MR) is 86.0 cm³/mol. The zero-order valence-electron chi connectivity index (χ0n) is 12.4. The van der Waals surface area contributed by atoms with E-state index in [-0.39, 0.29) is 6.61 Å². The number of methoxy groups -OCH3 is 1. The van der Waals surface area contributed by atoms with Gasteiger partial charge >= 0.3 is 0 Å². The molecule has 8 heteroatoms. The van der Waals surface area contributed by atoms with Crippen molar-refractivity contribution in [3.63, 3.8) is 0 Å². The number of halogens is 1. The third kappa shape index (κ3) is 2.30. The van der Waals surface area contributed by atoms with Crippen LogP contribution < -0.4 is 0 Å².